The first-order valence-corrected chi connectivity index (χ1v) is 5.59. The largest absolute Gasteiger partial charge is 0.412 e. The van der Waals surface area contributed by atoms with Crippen LogP contribution in [0, 0.1) is 0 Å². The predicted molar refractivity (Wildman–Crippen MR) is 82.3 cm³/mol. The Balaban J connectivity index is 0.00000120. The molecule has 3 aromatic rings. The minimum Gasteiger partial charge on any atom is -0.412 e. The van der Waals surface area contributed by atoms with Gasteiger partial charge in [-0.2, -0.15) is 0 Å². The Morgan fingerprint density at radius 1 is 0.700 bits per heavy atom. The number of rotatable bonds is 2. The fraction of sp³-hybridized carbons (Fsp3) is 0. The van der Waals surface area contributed by atoms with Crippen molar-refractivity contribution >= 4 is 22.3 Å². The number of aromatic nitrogens is 1. The minimum atomic E-state index is 0. The third kappa shape index (κ3) is 3.52. The molecule has 0 radical (unpaired) electrons. The van der Waals surface area contributed by atoms with Gasteiger partial charge in [-0.05, 0) is 23.6 Å². The maximum Gasteiger partial charge on any atom is 0.138 e. The number of nitrogens with one attached hydrogen (secondary N) is 1. The minimum absolute atomic E-state index is 0. The predicted octanol–water partition coefficient (Wildman–Crippen LogP) is 1.50. The van der Waals surface area contributed by atoms with E-state index in [1.54, 1.807) is 0 Å². The highest BCUT2D eigenvalue weighted by Gasteiger charge is 2.01. The van der Waals surface area contributed by atoms with E-state index in [9.17, 15) is 0 Å². The van der Waals surface area contributed by atoms with Crippen molar-refractivity contribution in [1.29, 1.82) is 0 Å². The molecule has 0 saturated carbocycles. The molecule has 20 heavy (non-hydrogen) atoms. The van der Waals surface area contributed by atoms with Gasteiger partial charge in [0.1, 0.15) is 5.82 Å². The highest BCUT2D eigenvalue weighted by atomic mass is 16.0. The average Bonchev–Trinajstić information content (AvgIpc) is 2.40. The zero-order valence-corrected chi connectivity index (χ0v) is 10.8. The molecule has 0 fully saturated rings. The third-order valence-electron chi connectivity index (χ3n) is 2.71. The molecule has 0 amide bonds. The van der Waals surface area contributed by atoms with Gasteiger partial charge in [0.05, 0.1) is 0 Å². The molecule has 0 aliphatic carbocycles. The molecule has 0 unspecified atom stereocenters. The lowest BCUT2D eigenvalue weighted by molar-refractivity contribution is 0.823. The van der Waals surface area contributed by atoms with Gasteiger partial charge in [0.15, 0.2) is 0 Å². The van der Waals surface area contributed by atoms with Crippen LogP contribution in [-0.4, -0.2) is 21.4 Å². The van der Waals surface area contributed by atoms with Gasteiger partial charge >= 0.3 is 0 Å². The number of para-hydroxylation sites is 1. The molecule has 5 nitrogen and oxygen atoms in total. The normalized spacial score (nSPS) is 8.80. The Bertz CT molecular complexity index is 639. The maximum absolute atomic E-state index is 4.39. The Morgan fingerprint density at radius 2 is 1.35 bits per heavy atom. The molecule has 0 bridgehead atoms. The molecular weight excluding hydrogens is 256 g/mol. The van der Waals surface area contributed by atoms with E-state index in [0.29, 0.717) is 0 Å². The summed E-state index contributed by atoms with van der Waals surface area (Å²) in [6, 6.07) is 20.3. The quantitative estimate of drug-likeness (QED) is 0.761. The summed E-state index contributed by atoms with van der Waals surface area (Å²) in [6.45, 7) is 0. The Kier molecular flexibility index (Phi) is 6.88. The number of nitrogens with zero attached hydrogens (tertiary/aromatic N) is 1. The first-order chi connectivity index (χ1) is 8.43. The van der Waals surface area contributed by atoms with Crippen molar-refractivity contribution in [3.63, 3.8) is 0 Å². The fourth-order valence-corrected chi connectivity index (χ4v) is 1.88. The molecule has 1 heterocycles. The van der Waals surface area contributed by atoms with Crippen LogP contribution in [0.5, 0.6) is 0 Å². The van der Waals surface area contributed by atoms with Crippen LogP contribution in [0.3, 0.4) is 0 Å². The molecule has 0 saturated heterocycles. The average molecular weight is 274 g/mol. The van der Waals surface area contributed by atoms with Gasteiger partial charge in [0.2, 0.25) is 0 Å². The second-order valence-electron chi connectivity index (χ2n) is 3.87. The molecule has 106 valence electrons. The SMILES string of the molecule is O.O.O.c1ccc(Nc2nccc3ccccc23)cc1. The summed E-state index contributed by atoms with van der Waals surface area (Å²) < 4.78 is 0. The van der Waals surface area contributed by atoms with Crippen molar-refractivity contribution in [2.45, 2.75) is 0 Å². The van der Waals surface area contributed by atoms with E-state index in [1.807, 2.05) is 54.7 Å². The van der Waals surface area contributed by atoms with Gasteiger partial charge in [0.25, 0.3) is 0 Å². The van der Waals surface area contributed by atoms with Gasteiger partial charge in [-0.1, -0.05) is 42.5 Å². The number of anilines is 2. The molecule has 2 aromatic carbocycles. The molecule has 1 aromatic heterocycles. The lowest BCUT2D eigenvalue weighted by Crippen LogP contribution is -1.93. The third-order valence-corrected chi connectivity index (χ3v) is 2.71. The van der Waals surface area contributed by atoms with Crippen LogP contribution in [0.4, 0.5) is 11.5 Å². The molecule has 5 heteroatoms. The molecular formula is C15H18N2O3. The molecule has 7 N–H and O–H groups in total. The molecule has 0 atom stereocenters. The van der Waals surface area contributed by atoms with E-state index >= 15 is 0 Å². The summed E-state index contributed by atoms with van der Waals surface area (Å²) in [5, 5.41) is 5.67. The van der Waals surface area contributed by atoms with E-state index in [2.05, 4.69) is 22.4 Å². The van der Waals surface area contributed by atoms with E-state index in [0.717, 1.165) is 16.9 Å². The van der Waals surface area contributed by atoms with Gasteiger partial charge in [-0.3, -0.25) is 0 Å². The second kappa shape index (κ2) is 7.85. The van der Waals surface area contributed by atoms with Crippen LogP contribution in [-0.2, 0) is 0 Å². The second-order valence-corrected chi connectivity index (χ2v) is 3.87. The molecule has 0 aliphatic rings. The Morgan fingerprint density at radius 3 is 2.10 bits per heavy atom. The summed E-state index contributed by atoms with van der Waals surface area (Å²) in [5.74, 6) is 0.898. The van der Waals surface area contributed by atoms with Crippen molar-refractivity contribution in [3.05, 3.63) is 66.9 Å². The summed E-state index contributed by atoms with van der Waals surface area (Å²) in [5.41, 5.74) is 1.05. The van der Waals surface area contributed by atoms with Crippen LogP contribution in [0.1, 0.15) is 0 Å². The molecule has 0 spiro atoms. The van der Waals surface area contributed by atoms with Crippen LogP contribution in [0.25, 0.3) is 10.8 Å². The summed E-state index contributed by atoms with van der Waals surface area (Å²) in [6.07, 6.45) is 1.83. The Labute approximate surface area is 116 Å². The van der Waals surface area contributed by atoms with Crippen LogP contribution in [0.15, 0.2) is 66.9 Å². The number of hydrogen-bond acceptors (Lipinski definition) is 2. The van der Waals surface area contributed by atoms with E-state index < -0.39 is 0 Å². The summed E-state index contributed by atoms with van der Waals surface area (Å²) >= 11 is 0. The lowest BCUT2D eigenvalue weighted by Gasteiger charge is -2.08. The highest BCUT2D eigenvalue weighted by molar-refractivity contribution is 5.93. The monoisotopic (exact) mass is 274 g/mol. The standard InChI is InChI=1S/C15H12N2.3H2O/c1-2-7-13(8-3-1)17-15-14-9-5-4-6-12(14)10-11-16-15;;;/h1-11H,(H,16,17);3*1H2. The number of benzene rings is 2. The van der Waals surface area contributed by atoms with E-state index in [1.165, 1.54) is 5.39 Å². The first-order valence-electron chi connectivity index (χ1n) is 5.59. The zero-order chi connectivity index (χ0) is 11.5. The van der Waals surface area contributed by atoms with Gasteiger partial charge in [-0.15, -0.1) is 0 Å². The van der Waals surface area contributed by atoms with Crippen molar-refractivity contribution in [2.24, 2.45) is 0 Å². The van der Waals surface area contributed by atoms with Crippen molar-refractivity contribution in [2.75, 3.05) is 5.32 Å². The van der Waals surface area contributed by atoms with Crippen molar-refractivity contribution in [1.82, 2.24) is 4.98 Å². The number of fused-ring (bicyclic) bond motifs is 1. The van der Waals surface area contributed by atoms with Gasteiger partial charge in [-0.25, -0.2) is 4.98 Å². The van der Waals surface area contributed by atoms with E-state index in [4.69, 9.17) is 0 Å². The maximum atomic E-state index is 4.39. The van der Waals surface area contributed by atoms with Crippen LogP contribution >= 0.6 is 0 Å². The molecule has 3 rings (SSSR count). The number of pyridine rings is 1. The lowest BCUT2D eigenvalue weighted by atomic mass is 10.1. The smallest absolute Gasteiger partial charge is 0.138 e. The topological polar surface area (TPSA) is 119 Å². The Hall–Kier alpha value is -2.47. The zero-order valence-electron chi connectivity index (χ0n) is 10.8. The van der Waals surface area contributed by atoms with Crippen LogP contribution < -0.4 is 5.32 Å². The van der Waals surface area contributed by atoms with Crippen molar-refractivity contribution in [3.8, 4) is 0 Å². The van der Waals surface area contributed by atoms with Crippen LogP contribution in [0.2, 0.25) is 0 Å². The summed E-state index contributed by atoms with van der Waals surface area (Å²) in [4.78, 5) is 4.39. The summed E-state index contributed by atoms with van der Waals surface area (Å²) in [7, 11) is 0. The van der Waals surface area contributed by atoms with Gasteiger partial charge < -0.3 is 21.7 Å². The first kappa shape index (κ1) is 17.5. The van der Waals surface area contributed by atoms with E-state index in [-0.39, 0.29) is 16.4 Å². The van der Waals surface area contributed by atoms with Crippen molar-refractivity contribution < 1.29 is 16.4 Å². The highest BCUT2D eigenvalue weighted by Crippen LogP contribution is 2.23. The van der Waals surface area contributed by atoms with Gasteiger partial charge in [0, 0.05) is 17.3 Å². The molecule has 0 aliphatic heterocycles. The fourth-order valence-electron chi connectivity index (χ4n) is 1.88. The number of hydrogen-bond donors (Lipinski definition) is 1.